The average molecular weight is 366 g/mol. The van der Waals surface area contributed by atoms with Crippen molar-refractivity contribution in [3.8, 4) is 17.6 Å². The van der Waals surface area contributed by atoms with Gasteiger partial charge in [-0.25, -0.2) is 0 Å². The van der Waals surface area contributed by atoms with Crippen LogP contribution >= 0.6 is 0 Å². The van der Waals surface area contributed by atoms with Crippen LogP contribution in [0.2, 0.25) is 0 Å². The first-order valence-corrected chi connectivity index (χ1v) is 8.68. The second-order valence-electron chi connectivity index (χ2n) is 5.76. The average Bonchev–Trinajstić information content (AvgIpc) is 2.65. The highest BCUT2D eigenvalue weighted by molar-refractivity contribution is 6.19. The summed E-state index contributed by atoms with van der Waals surface area (Å²) in [4.78, 5) is 26.0. The second-order valence-corrected chi connectivity index (χ2v) is 5.76. The van der Waals surface area contributed by atoms with Crippen LogP contribution in [0.1, 0.15) is 26.3 Å². The highest BCUT2D eigenvalue weighted by atomic mass is 16.5. The highest BCUT2D eigenvalue weighted by Gasteiger charge is 2.34. The third-order valence-corrected chi connectivity index (χ3v) is 4.08. The summed E-state index contributed by atoms with van der Waals surface area (Å²) < 4.78 is 11.2. The number of imide groups is 1. The SMILES string of the molecule is C=CCOc1ccc(/C=C2/C(=O)N(CC)C(=O)C(C#N)=C2C)cc1OCC. The predicted molar refractivity (Wildman–Crippen MR) is 102 cm³/mol. The maximum absolute atomic E-state index is 12.7. The first-order valence-electron chi connectivity index (χ1n) is 8.68. The molecule has 1 heterocycles. The van der Waals surface area contributed by atoms with E-state index in [0.29, 0.717) is 41.4 Å². The first-order chi connectivity index (χ1) is 13.0. The van der Waals surface area contributed by atoms with Crippen LogP contribution in [0.15, 0.2) is 47.6 Å². The van der Waals surface area contributed by atoms with Crippen LogP contribution in [0.5, 0.6) is 11.5 Å². The maximum Gasteiger partial charge on any atom is 0.271 e. The fourth-order valence-electron chi connectivity index (χ4n) is 2.73. The van der Waals surface area contributed by atoms with E-state index in [9.17, 15) is 14.9 Å². The monoisotopic (exact) mass is 366 g/mol. The van der Waals surface area contributed by atoms with Gasteiger partial charge in [-0.05, 0) is 50.1 Å². The Morgan fingerprint density at radius 3 is 2.52 bits per heavy atom. The van der Waals surface area contributed by atoms with Gasteiger partial charge in [0.05, 0.1) is 6.61 Å². The number of ether oxygens (including phenoxy) is 2. The molecule has 1 aliphatic rings. The van der Waals surface area contributed by atoms with Crippen molar-refractivity contribution in [3.63, 3.8) is 0 Å². The third-order valence-electron chi connectivity index (χ3n) is 4.08. The smallest absolute Gasteiger partial charge is 0.271 e. The van der Waals surface area contributed by atoms with Crippen molar-refractivity contribution in [2.45, 2.75) is 20.8 Å². The molecule has 0 N–H and O–H groups in total. The van der Waals surface area contributed by atoms with E-state index in [0.717, 1.165) is 4.90 Å². The molecule has 6 heteroatoms. The topological polar surface area (TPSA) is 79.6 Å². The number of nitrogens with zero attached hydrogens (tertiary/aromatic N) is 2. The van der Waals surface area contributed by atoms with Crippen molar-refractivity contribution < 1.29 is 19.1 Å². The van der Waals surface area contributed by atoms with Crippen LogP contribution in [0.25, 0.3) is 6.08 Å². The van der Waals surface area contributed by atoms with E-state index in [-0.39, 0.29) is 12.1 Å². The number of hydrogen-bond acceptors (Lipinski definition) is 5. The van der Waals surface area contributed by atoms with Gasteiger partial charge in [0.15, 0.2) is 11.5 Å². The number of hydrogen-bond donors (Lipinski definition) is 0. The zero-order chi connectivity index (χ0) is 20.0. The number of carbonyl (C=O) groups excluding carboxylic acids is 2. The number of amides is 2. The lowest BCUT2D eigenvalue weighted by atomic mass is 9.93. The van der Waals surface area contributed by atoms with Crippen LogP contribution in [0, 0.1) is 11.3 Å². The molecule has 27 heavy (non-hydrogen) atoms. The zero-order valence-electron chi connectivity index (χ0n) is 15.7. The molecular weight excluding hydrogens is 344 g/mol. The van der Waals surface area contributed by atoms with E-state index < -0.39 is 11.8 Å². The summed E-state index contributed by atoms with van der Waals surface area (Å²) in [5, 5.41) is 9.31. The summed E-state index contributed by atoms with van der Waals surface area (Å²) in [5.74, 6) is 0.151. The van der Waals surface area contributed by atoms with Crippen LogP contribution in [-0.2, 0) is 9.59 Å². The van der Waals surface area contributed by atoms with Crippen LogP contribution in [0.3, 0.4) is 0 Å². The number of likely N-dealkylation sites (N-methyl/N-ethyl adjacent to an activating group) is 1. The number of nitriles is 1. The lowest BCUT2D eigenvalue weighted by Crippen LogP contribution is -2.42. The lowest BCUT2D eigenvalue weighted by molar-refractivity contribution is -0.140. The van der Waals surface area contributed by atoms with Gasteiger partial charge in [0.25, 0.3) is 11.8 Å². The van der Waals surface area contributed by atoms with Crippen LogP contribution in [-0.4, -0.2) is 36.5 Å². The number of benzene rings is 1. The molecule has 0 bridgehead atoms. The van der Waals surface area contributed by atoms with Gasteiger partial charge in [-0.3, -0.25) is 14.5 Å². The molecule has 140 valence electrons. The molecule has 0 fully saturated rings. The van der Waals surface area contributed by atoms with Crippen molar-refractivity contribution in [1.82, 2.24) is 4.90 Å². The van der Waals surface area contributed by atoms with Crippen molar-refractivity contribution >= 4 is 17.9 Å². The molecular formula is C21H22N2O4. The highest BCUT2D eigenvalue weighted by Crippen LogP contribution is 2.32. The Morgan fingerprint density at radius 2 is 1.93 bits per heavy atom. The molecule has 0 saturated heterocycles. The molecule has 6 nitrogen and oxygen atoms in total. The second kappa shape index (κ2) is 8.86. The number of carbonyl (C=O) groups is 2. The molecule has 1 aromatic rings. The van der Waals surface area contributed by atoms with Crippen molar-refractivity contribution in [1.29, 1.82) is 5.26 Å². The van der Waals surface area contributed by atoms with Gasteiger partial charge in [0.2, 0.25) is 0 Å². The van der Waals surface area contributed by atoms with Gasteiger partial charge in [0, 0.05) is 12.1 Å². The summed E-state index contributed by atoms with van der Waals surface area (Å²) in [7, 11) is 0. The minimum Gasteiger partial charge on any atom is -0.490 e. The van der Waals surface area contributed by atoms with E-state index in [1.807, 2.05) is 13.0 Å². The van der Waals surface area contributed by atoms with E-state index in [4.69, 9.17) is 9.47 Å². The van der Waals surface area contributed by atoms with Gasteiger partial charge < -0.3 is 9.47 Å². The molecule has 1 aromatic carbocycles. The quantitative estimate of drug-likeness (QED) is 0.420. The molecule has 2 rings (SSSR count). The normalized spacial score (nSPS) is 15.8. The molecule has 0 unspecified atom stereocenters. The van der Waals surface area contributed by atoms with Gasteiger partial charge in [-0.2, -0.15) is 5.26 Å². The molecule has 1 aliphatic heterocycles. The minimum atomic E-state index is -0.553. The maximum atomic E-state index is 12.7. The Bertz CT molecular complexity index is 875. The summed E-state index contributed by atoms with van der Waals surface area (Å²) in [6, 6.07) is 7.20. The summed E-state index contributed by atoms with van der Waals surface area (Å²) in [6.07, 6.45) is 3.30. The Morgan fingerprint density at radius 1 is 1.19 bits per heavy atom. The molecule has 0 radical (unpaired) electrons. The fraction of sp³-hybridized carbons (Fsp3) is 0.286. The number of rotatable bonds is 7. The van der Waals surface area contributed by atoms with Crippen LogP contribution in [0.4, 0.5) is 0 Å². The fourth-order valence-corrected chi connectivity index (χ4v) is 2.73. The Kier molecular flexibility index (Phi) is 6.56. The molecule has 0 aliphatic carbocycles. The van der Waals surface area contributed by atoms with Gasteiger partial charge in [-0.15, -0.1) is 0 Å². The molecule has 0 spiro atoms. The van der Waals surface area contributed by atoms with Gasteiger partial charge >= 0.3 is 0 Å². The first kappa shape index (κ1) is 20.0. The third kappa shape index (κ3) is 4.09. The van der Waals surface area contributed by atoms with Gasteiger partial charge in [0.1, 0.15) is 18.2 Å². The van der Waals surface area contributed by atoms with Crippen LogP contribution < -0.4 is 9.47 Å². The Labute approximate surface area is 159 Å². The zero-order valence-corrected chi connectivity index (χ0v) is 15.7. The summed E-state index contributed by atoms with van der Waals surface area (Å²) in [6.45, 7) is 9.80. The summed E-state index contributed by atoms with van der Waals surface area (Å²) >= 11 is 0. The largest absolute Gasteiger partial charge is 0.490 e. The van der Waals surface area contributed by atoms with E-state index in [1.54, 1.807) is 44.2 Å². The molecule has 0 saturated carbocycles. The van der Waals surface area contributed by atoms with Crippen molar-refractivity contribution in [2.24, 2.45) is 0 Å². The molecule has 0 aromatic heterocycles. The standard InChI is InChI=1S/C21H22N2O4/c1-5-10-27-18-9-8-15(12-19(18)26-7-3)11-16-14(4)17(13-22)21(25)23(6-2)20(16)24/h5,8-9,11-12H,1,6-7,10H2,2-4H3/b16-11+. The minimum absolute atomic E-state index is 0.0151. The Balaban J connectivity index is 2.52. The predicted octanol–water partition coefficient (Wildman–Crippen LogP) is 3.26. The molecule has 2 amide bonds. The van der Waals surface area contributed by atoms with E-state index >= 15 is 0 Å². The lowest BCUT2D eigenvalue weighted by Gasteiger charge is -2.26. The summed E-state index contributed by atoms with van der Waals surface area (Å²) in [5.41, 5.74) is 1.38. The molecule has 0 atom stereocenters. The van der Waals surface area contributed by atoms with Crippen molar-refractivity contribution in [2.75, 3.05) is 19.8 Å². The van der Waals surface area contributed by atoms with E-state index in [2.05, 4.69) is 6.58 Å². The van der Waals surface area contributed by atoms with Gasteiger partial charge in [-0.1, -0.05) is 18.7 Å². The Hall–Kier alpha value is -3.33. The van der Waals surface area contributed by atoms with Crippen molar-refractivity contribution in [3.05, 3.63) is 53.1 Å². The van der Waals surface area contributed by atoms with E-state index in [1.165, 1.54) is 0 Å².